The van der Waals surface area contributed by atoms with Crippen molar-refractivity contribution in [3.8, 4) is 0 Å². The fourth-order valence-electron chi connectivity index (χ4n) is 3.48. The third-order valence-electron chi connectivity index (χ3n) is 5.19. The topological polar surface area (TPSA) is 47.9 Å². The van der Waals surface area contributed by atoms with E-state index in [-0.39, 0.29) is 18.5 Å². The minimum atomic E-state index is -0.608. The van der Waals surface area contributed by atoms with Crippen LogP contribution >= 0.6 is 0 Å². The molecule has 4 heteroatoms. The highest BCUT2D eigenvalue weighted by Gasteiger charge is 2.30. The highest BCUT2D eigenvalue weighted by Crippen LogP contribution is 2.29. The van der Waals surface area contributed by atoms with E-state index in [0.717, 1.165) is 11.1 Å². The van der Waals surface area contributed by atoms with Crippen molar-refractivity contribution in [3.05, 3.63) is 83.9 Å². The fraction of sp³-hybridized carbons (Fsp3) is 0.333. The minimum Gasteiger partial charge on any atom is -0.390 e. The lowest BCUT2D eigenvalue weighted by atomic mass is 10.1. The van der Waals surface area contributed by atoms with Crippen LogP contribution in [0, 0.1) is 0 Å². The zero-order valence-corrected chi connectivity index (χ0v) is 16.0. The van der Waals surface area contributed by atoms with Gasteiger partial charge in [0.1, 0.15) is 0 Å². The maximum atomic E-state index is 10.5. The Bertz CT molecular complexity index is 895. The van der Waals surface area contributed by atoms with Gasteiger partial charge in [-0.15, -0.1) is 0 Å². The highest BCUT2D eigenvalue weighted by atomic mass is 16.7. The highest BCUT2D eigenvalue weighted by molar-refractivity contribution is 5.82. The first-order valence-electron chi connectivity index (χ1n) is 9.78. The molecule has 0 amide bonds. The number of fused-ring (bicyclic) bond motifs is 1. The third kappa shape index (κ3) is 4.59. The van der Waals surface area contributed by atoms with Gasteiger partial charge in [0.2, 0.25) is 0 Å². The van der Waals surface area contributed by atoms with Crippen LogP contribution in [0.2, 0.25) is 0 Å². The van der Waals surface area contributed by atoms with E-state index < -0.39 is 6.10 Å². The number of aliphatic hydroxyl groups is 1. The molecule has 1 aliphatic rings. The van der Waals surface area contributed by atoms with Gasteiger partial charge in [-0.1, -0.05) is 66.7 Å². The number of benzene rings is 3. The Hall–Kier alpha value is -2.24. The molecular weight excluding hydrogens is 352 g/mol. The first kappa shape index (κ1) is 19.1. The summed E-state index contributed by atoms with van der Waals surface area (Å²) >= 11 is 0. The van der Waals surface area contributed by atoms with Crippen LogP contribution in [-0.2, 0) is 20.8 Å². The monoisotopic (exact) mass is 378 g/mol. The van der Waals surface area contributed by atoms with Crippen molar-refractivity contribution in [2.45, 2.75) is 44.6 Å². The van der Waals surface area contributed by atoms with Crippen molar-refractivity contribution in [2.24, 2.45) is 0 Å². The maximum absolute atomic E-state index is 10.5. The zero-order chi connectivity index (χ0) is 19.3. The molecule has 0 bridgehead atoms. The standard InChI is InChI=1S/C24H26O4/c1-17(26-15-18-11-12-19-7-5-6-10-21(19)13-18)23(25)14-22-16-27-24(28-22)20-8-3-2-4-9-20/h2-13,17,22-25H,14-16H2,1H3/t17-,22-,23-,24?/m0/s1. The predicted octanol–water partition coefficient (Wildman–Crippen LogP) is 4.61. The molecule has 28 heavy (non-hydrogen) atoms. The number of hydrogen-bond acceptors (Lipinski definition) is 4. The Morgan fingerprint density at radius 3 is 2.57 bits per heavy atom. The Morgan fingerprint density at radius 2 is 1.75 bits per heavy atom. The molecule has 1 heterocycles. The van der Waals surface area contributed by atoms with Crippen LogP contribution in [0.15, 0.2) is 72.8 Å². The summed E-state index contributed by atoms with van der Waals surface area (Å²) in [4.78, 5) is 0. The molecule has 1 saturated heterocycles. The molecule has 4 nitrogen and oxygen atoms in total. The smallest absolute Gasteiger partial charge is 0.184 e. The van der Waals surface area contributed by atoms with Gasteiger partial charge in [0, 0.05) is 12.0 Å². The lowest BCUT2D eigenvalue weighted by molar-refractivity contribution is -0.0825. The molecule has 146 valence electrons. The average molecular weight is 378 g/mol. The molecular formula is C24H26O4. The van der Waals surface area contributed by atoms with E-state index in [0.29, 0.717) is 19.6 Å². The number of aliphatic hydroxyl groups excluding tert-OH is 1. The van der Waals surface area contributed by atoms with Crippen molar-refractivity contribution < 1.29 is 19.3 Å². The summed E-state index contributed by atoms with van der Waals surface area (Å²) in [6, 6.07) is 24.4. The molecule has 3 aromatic carbocycles. The van der Waals surface area contributed by atoms with Gasteiger partial charge in [-0.3, -0.25) is 0 Å². The maximum Gasteiger partial charge on any atom is 0.184 e. The second-order valence-corrected chi connectivity index (χ2v) is 7.33. The molecule has 0 spiro atoms. The van der Waals surface area contributed by atoms with Gasteiger partial charge >= 0.3 is 0 Å². The van der Waals surface area contributed by atoms with Crippen LogP contribution in [0.5, 0.6) is 0 Å². The number of hydrogen-bond donors (Lipinski definition) is 1. The van der Waals surface area contributed by atoms with Crippen LogP contribution in [-0.4, -0.2) is 30.0 Å². The molecule has 3 aromatic rings. The summed E-state index contributed by atoms with van der Waals surface area (Å²) in [6.07, 6.45) is -0.893. The predicted molar refractivity (Wildman–Crippen MR) is 109 cm³/mol. The quantitative estimate of drug-likeness (QED) is 0.652. The lowest BCUT2D eigenvalue weighted by Crippen LogP contribution is -2.30. The fourth-order valence-corrected chi connectivity index (χ4v) is 3.48. The van der Waals surface area contributed by atoms with E-state index in [4.69, 9.17) is 14.2 Å². The molecule has 0 aromatic heterocycles. The molecule has 4 rings (SSSR count). The van der Waals surface area contributed by atoms with Crippen molar-refractivity contribution in [3.63, 3.8) is 0 Å². The SMILES string of the molecule is C[C@H](OCc1ccc2ccccc2c1)[C@@H](O)C[C@H]1COC(c2ccccc2)O1. The minimum absolute atomic E-state index is 0.132. The van der Waals surface area contributed by atoms with Crippen molar-refractivity contribution in [1.82, 2.24) is 0 Å². The summed E-state index contributed by atoms with van der Waals surface area (Å²) in [5.41, 5.74) is 2.10. The Kier molecular flexibility index (Phi) is 6.03. The van der Waals surface area contributed by atoms with Crippen molar-refractivity contribution >= 4 is 10.8 Å². The normalized spacial score (nSPS) is 21.6. The van der Waals surface area contributed by atoms with Crippen LogP contribution in [0.4, 0.5) is 0 Å². The Labute approximate surface area is 165 Å². The van der Waals surface area contributed by atoms with E-state index in [2.05, 4.69) is 30.3 Å². The molecule has 4 atom stereocenters. The number of rotatable bonds is 7. The third-order valence-corrected chi connectivity index (χ3v) is 5.19. The van der Waals surface area contributed by atoms with Gasteiger partial charge in [-0.05, 0) is 29.3 Å². The molecule has 0 saturated carbocycles. The molecule has 0 aliphatic carbocycles. The van der Waals surface area contributed by atoms with Crippen LogP contribution in [0.25, 0.3) is 10.8 Å². The van der Waals surface area contributed by atoms with Gasteiger partial charge in [0.15, 0.2) is 6.29 Å². The summed E-state index contributed by atoms with van der Waals surface area (Å²) < 4.78 is 17.6. The van der Waals surface area contributed by atoms with Crippen molar-refractivity contribution in [1.29, 1.82) is 0 Å². The van der Waals surface area contributed by atoms with Gasteiger partial charge < -0.3 is 19.3 Å². The van der Waals surface area contributed by atoms with Crippen LogP contribution in [0.3, 0.4) is 0 Å². The van der Waals surface area contributed by atoms with E-state index in [1.807, 2.05) is 49.4 Å². The van der Waals surface area contributed by atoms with Crippen LogP contribution in [0.1, 0.15) is 30.8 Å². The van der Waals surface area contributed by atoms with Crippen LogP contribution < -0.4 is 0 Å². The molecule has 0 radical (unpaired) electrons. The molecule has 1 N–H and O–H groups in total. The van der Waals surface area contributed by atoms with Gasteiger partial charge in [0.05, 0.1) is 31.5 Å². The van der Waals surface area contributed by atoms with Gasteiger partial charge in [0.25, 0.3) is 0 Å². The summed E-state index contributed by atoms with van der Waals surface area (Å²) in [5.74, 6) is 0. The summed E-state index contributed by atoms with van der Waals surface area (Å²) in [7, 11) is 0. The average Bonchev–Trinajstić information content (AvgIpc) is 3.21. The van der Waals surface area contributed by atoms with E-state index in [9.17, 15) is 5.11 Å². The second kappa shape index (κ2) is 8.84. The number of ether oxygens (including phenoxy) is 3. The molecule has 1 fully saturated rings. The second-order valence-electron chi connectivity index (χ2n) is 7.33. The van der Waals surface area contributed by atoms with Crippen molar-refractivity contribution in [2.75, 3.05) is 6.61 Å². The Balaban J connectivity index is 1.27. The Morgan fingerprint density at radius 1 is 1.00 bits per heavy atom. The summed E-state index contributed by atoms with van der Waals surface area (Å²) in [6.45, 7) is 2.85. The largest absolute Gasteiger partial charge is 0.390 e. The summed E-state index contributed by atoms with van der Waals surface area (Å²) in [5, 5.41) is 12.9. The molecule has 1 unspecified atom stereocenters. The first-order valence-corrected chi connectivity index (χ1v) is 9.78. The van der Waals surface area contributed by atoms with Gasteiger partial charge in [-0.25, -0.2) is 0 Å². The zero-order valence-electron chi connectivity index (χ0n) is 16.0. The van der Waals surface area contributed by atoms with E-state index in [1.54, 1.807) is 0 Å². The lowest BCUT2D eigenvalue weighted by Gasteiger charge is -2.22. The molecule has 1 aliphatic heterocycles. The van der Waals surface area contributed by atoms with E-state index in [1.165, 1.54) is 10.8 Å². The first-order chi connectivity index (χ1) is 13.7. The van der Waals surface area contributed by atoms with Gasteiger partial charge in [-0.2, -0.15) is 0 Å². The van der Waals surface area contributed by atoms with E-state index >= 15 is 0 Å².